The number of rotatable bonds is 5. The predicted molar refractivity (Wildman–Crippen MR) is 80.3 cm³/mol. The third-order valence-corrected chi connectivity index (χ3v) is 3.91. The number of amides is 1. The van der Waals surface area contributed by atoms with Gasteiger partial charge in [0.1, 0.15) is 5.82 Å². The van der Waals surface area contributed by atoms with Gasteiger partial charge >= 0.3 is 0 Å². The molecule has 0 aliphatic rings. The van der Waals surface area contributed by atoms with Gasteiger partial charge in [0.25, 0.3) is 0 Å². The maximum atomic E-state index is 12.9. The number of aromatic nitrogens is 2. The highest BCUT2D eigenvalue weighted by Crippen LogP contribution is 2.20. The number of benzene rings is 1. The smallest absolute Gasteiger partial charge is 0.233 e. The van der Waals surface area contributed by atoms with Gasteiger partial charge in [-0.15, -0.1) is 0 Å². The Morgan fingerprint density at radius 1 is 1.19 bits per heavy atom. The van der Waals surface area contributed by atoms with Gasteiger partial charge in [0.15, 0.2) is 5.16 Å². The second-order valence-corrected chi connectivity index (χ2v) is 5.88. The molecule has 0 bridgehead atoms. The third kappa shape index (κ3) is 4.53. The lowest BCUT2D eigenvalue weighted by Crippen LogP contribution is -2.33. The molecule has 1 heterocycles. The predicted octanol–water partition coefficient (Wildman–Crippen LogP) is 2.97. The largest absolute Gasteiger partial charge is 0.349 e. The SMILES string of the molecule is C[C@@H](Sc1ncccn1)C(=O)N[C@H](C)c1ccc(F)cc1. The number of nitrogens with zero attached hydrogens (tertiary/aromatic N) is 2. The number of carbonyl (C=O) groups is 1. The molecule has 0 unspecified atom stereocenters. The van der Waals surface area contributed by atoms with Crippen LogP contribution < -0.4 is 5.32 Å². The molecule has 0 radical (unpaired) electrons. The van der Waals surface area contributed by atoms with Gasteiger partial charge in [-0.2, -0.15) is 0 Å². The molecular formula is C15H16FN3OS. The van der Waals surface area contributed by atoms with E-state index < -0.39 is 0 Å². The monoisotopic (exact) mass is 305 g/mol. The number of carbonyl (C=O) groups excluding carboxylic acids is 1. The standard InChI is InChI=1S/C15H16FN3OS/c1-10(12-4-6-13(16)7-5-12)19-14(20)11(2)21-15-17-8-3-9-18-15/h3-11H,1-2H3,(H,19,20)/t10-,11-/m1/s1. The molecule has 1 N–H and O–H groups in total. The van der Waals surface area contributed by atoms with Crippen LogP contribution in [0.4, 0.5) is 4.39 Å². The zero-order valence-corrected chi connectivity index (χ0v) is 12.6. The molecule has 2 rings (SSSR count). The minimum absolute atomic E-state index is 0.107. The fraction of sp³-hybridized carbons (Fsp3) is 0.267. The Kier molecular flexibility index (Phi) is 5.27. The number of hydrogen-bond donors (Lipinski definition) is 1. The molecule has 0 fully saturated rings. The van der Waals surface area contributed by atoms with Crippen LogP contribution in [0, 0.1) is 5.82 Å². The Morgan fingerprint density at radius 3 is 2.43 bits per heavy atom. The van der Waals surface area contributed by atoms with Crippen molar-refractivity contribution in [2.24, 2.45) is 0 Å². The fourth-order valence-corrected chi connectivity index (χ4v) is 2.46. The van der Waals surface area contributed by atoms with Gasteiger partial charge in [-0.05, 0) is 37.6 Å². The Morgan fingerprint density at radius 2 is 1.81 bits per heavy atom. The van der Waals surface area contributed by atoms with E-state index in [-0.39, 0.29) is 23.0 Å². The van der Waals surface area contributed by atoms with Crippen molar-refractivity contribution in [1.82, 2.24) is 15.3 Å². The summed E-state index contributed by atoms with van der Waals surface area (Å²) in [6.45, 7) is 3.66. The Hall–Kier alpha value is -1.95. The van der Waals surface area contributed by atoms with E-state index in [0.717, 1.165) is 5.56 Å². The summed E-state index contributed by atoms with van der Waals surface area (Å²) in [5, 5.41) is 3.15. The van der Waals surface area contributed by atoms with E-state index in [1.807, 2.05) is 6.92 Å². The molecule has 0 saturated heterocycles. The van der Waals surface area contributed by atoms with Crippen molar-refractivity contribution in [2.75, 3.05) is 0 Å². The number of hydrogen-bond acceptors (Lipinski definition) is 4. The summed E-state index contributed by atoms with van der Waals surface area (Å²) in [7, 11) is 0. The van der Waals surface area contributed by atoms with Crippen LogP contribution in [0.25, 0.3) is 0 Å². The first-order valence-electron chi connectivity index (χ1n) is 6.56. The Bertz CT molecular complexity index is 592. The highest BCUT2D eigenvalue weighted by Gasteiger charge is 2.18. The van der Waals surface area contributed by atoms with Crippen molar-refractivity contribution in [1.29, 1.82) is 0 Å². The van der Waals surface area contributed by atoms with E-state index in [1.54, 1.807) is 37.5 Å². The first-order chi connectivity index (χ1) is 10.1. The first kappa shape index (κ1) is 15.4. The average Bonchev–Trinajstić information content (AvgIpc) is 2.48. The van der Waals surface area contributed by atoms with Gasteiger partial charge in [-0.25, -0.2) is 14.4 Å². The lowest BCUT2D eigenvalue weighted by atomic mass is 10.1. The normalized spacial score (nSPS) is 13.5. The summed E-state index contributed by atoms with van der Waals surface area (Å²) in [5.41, 5.74) is 0.859. The van der Waals surface area contributed by atoms with Gasteiger partial charge in [-0.1, -0.05) is 23.9 Å². The highest BCUT2D eigenvalue weighted by molar-refractivity contribution is 8.00. The second kappa shape index (κ2) is 7.17. The quantitative estimate of drug-likeness (QED) is 0.681. The zero-order valence-electron chi connectivity index (χ0n) is 11.8. The van der Waals surface area contributed by atoms with Crippen LogP contribution in [-0.2, 0) is 4.79 Å². The number of thioether (sulfide) groups is 1. The van der Waals surface area contributed by atoms with E-state index in [9.17, 15) is 9.18 Å². The molecule has 2 atom stereocenters. The van der Waals surface area contributed by atoms with E-state index in [0.29, 0.717) is 5.16 Å². The van der Waals surface area contributed by atoms with Crippen LogP contribution in [0.3, 0.4) is 0 Å². The maximum absolute atomic E-state index is 12.9. The minimum atomic E-state index is -0.310. The molecule has 0 aliphatic carbocycles. The van der Waals surface area contributed by atoms with Crippen molar-refractivity contribution in [2.45, 2.75) is 30.3 Å². The van der Waals surface area contributed by atoms with Crippen molar-refractivity contribution in [3.05, 3.63) is 54.1 Å². The molecule has 1 aromatic heterocycles. The van der Waals surface area contributed by atoms with Crippen molar-refractivity contribution in [3.8, 4) is 0 Å². The van der Waals surface area contributed by atoms with E-state index in [1.165, 1.54) is 23.9 Å². The van der Waals surface area contributed by atoms with Crippen LogP contribution in [0.5, 0.6) is 0 Å². The average molecular weight is 305 g/mol. The summed E-state index contributed by atoms with van der Waals surface area (Å²) in [4.78, 5) is 20.3. The molecule has 0 aliphatic heterocycles. The lowest BCUT2D eigenvalue weighted by molar-refractivity contribution is -0.120. The summed E-state index contributed by atoms with van der Waals surface area (Å²) < 4.78 is 12.9. The zero-order chi connectivity index (χ0) is 15.2. The first-order valence-corrected chi connectivity index (χ1v) is 7.43. The van der Waals surface area contributed by atoms with Gasteiger partial charge in [-0.3, -0.25) is 4.79 Å². The second-order valence-electron chi connectivity index (χ2n) is 4.57. The molecule has 1 aromatic carbocycles. The molecule has 4 nitrogen and oxygen atoms in total. The third-order valence-electron chi connectivity index (χ3n) is 2.92. The van der Waals surface area contributed by atoms with E-state index in [4.69, 9.17) is 0 Å². The van der Waals surface area contributed by atoms with Gasteiger partial charge in [0, 0.05) is 12.4 Å². The van der Waals surface area contributed by atoms with Crippen LogP contribution in [0.15, 0.2) is 47.9 Å². The number of nitrogens with one attached hydrogen (secondary N) is 1. The lowest BCUT2D eigenvalue weighted by Gasteiger charge is -2.17. The van der Waals surface area contributed by atoms with E-state index >= 15 is 0 Å². The van der Waals surface area contributed by atoms with Gasteiger partial charge in [0.05, 0.1) is 11.3 Å². The minimum Gasteiger partial charge on any atom is -0.349 e. The summed E-state index contributed by atoms with van der Waals surface area (Å²) in [6.07, 6.45) is 3.28. The fourth-order valence-electron chi connectivity index (χ4n) is 1.72. The Labute approximate surface area is 127 Å². The van der Waals surface area contributed by atoms with E-state index in [2.05, 4.69) is 15.3 Å². The molecule has 110 valence electrons. The molecule has 1 amide bonds. The maximum Gasteiger partial charge on any atom is 0.233 e. The van der Waals surface area contributed by atoms with Crippen LogP contribution in [0.1, 0.15) is 25.5 Å². The topological polar surface area (TPSA) is 54.9 Å². The Balaban J connectivity index is 1.92. The summed E-state index contributed by atoms with van der Waals surface area (Å²) >= 11 is 1.30. The van der Waals surface area contributed by atoms with Crippen molar-refractivity contribution in [3.63, 3.8) is 0 Å². The molecule has 6 heteroatoms. The van der Waals surface area contributed by atoms with Crippen molar-refractivity contribution < 1.29 is 9.18 Å². The molecule has 2 aromatic rings. The summed E-state index contributed by atoms with van der Waals surface area (Å²) in [5.74, 6) is -0.397. The van der Waals surface area contributed by atoms with Crippen molar-refractivity contribution >= 4 is 17.7 Å². The summed E-state index contributed by atoms with van der Waals surface area (Å²) in [6, 6.07) is 7.64. The highest BCUT2D eigenvalue weighted by atomic mass is 32.2. The van der Waals surface area contributed by atoms with Gasteiger partial charge in [0.2, 0.25) is 5.91 Å². The number of halogens is 1. The van der Waals surface area contributed by atoms with Gasteiger partial charge < -0.3 is 5.32 Å². The van der Waals surface area contributed by atoms with Crippen LogP contribution in [-0.4, -0.2) is 21.1 Å². The molecule has 0 saturated carbocycles. The molecular weight excluding hydrogens is 289 g/mol. The van der Waals surface area contributed by atoms with Crippen LogP contribution >= 0.6 is 11.8 Å². The molecule has 21 heavy (non-hydrogen) atoms. The van der Waals surface area contributed by atoms with Crippen LogP contribution in [0.2, 0.25) is 0 Å². The molecule has 0 spiro atoms.